The number of piperidine rings is 1. The van der Waals surface area contributed by atoms with E-state index in [0.29, 0.717) is 19.7 Å². The smallest absolute Gasteiger partial charge is 0.244 e. The highest BCUT2D eigenvalue weighted by Crippen LogP contribution is 2.37. The van der Waals surface area contributed by atoms with Crippen molar-refractivity contribution in [2.45, 2.75) is 26.0 Å². The molecule has 2 aliphatic rings. The number of hydrogen-bond acceptors (Lipinski definition) is 4. The van der Waals surface area contributed by atoms with Gasteiger partial charge in [-0.15, -0.1) is 0 Å². The van der Waals surface area contributed by atoms with E-state index in [2.05, 4.69) is 11.2 Å². The minimum atomic E-state index is 0.0567. The molecule has 1 amide bonds. The highest BCUT2D eigenvalue weighted by molar-refractivity contribution is 5.78. The average Bonchev–Trinajstić information content (AvgIpc) is 3.05. The number of nitrogens with zero attached hydrogens (tertiary/aromatic N) is 4. The van der Waals surface area contributed by atoms with Crippen LogP contribution >= 0.6 is 0 Å². The summed E-state index contributed by atoms with van der Waals surface area (Å²) in [5, 5.41) is 13.4. The summed E-state index contributed by atoms with van der Waals surface area (Å²) in [7, 11) is 0. The fourth-order valence-corrected chi connectivity index (χ4v) is 3.39. The van der Waals surface area contributed by atoms with Crippen LogP contribution in [0.25, 0.3) is 11.3 Å². The summed E-state index contributed by atoms with van der Waals surface area (Å²) in [5.74, 6) is 0.964. The van der Waals surface area contributed by atoms with E-state index in [1.54, 1.807) is 10.9 Å². The molecule has 1 fully saturated rings. The maximum atomic E-state index is 12.6. The summed E-state index contributed by atoms with van der Waals surface area (Å²) >= 11 is 0. The van der Waals surface area contributed by atoms with Crippen molar-refractivity contribution in [3.05, 3.63) is 36.0 Å². The fourth-order valence-electron chi connectivity index (χ4n) is 3.39. The van der Waals surface area contributed by atoms with Crippen molar-refractivity contribution in [1.29, 1.82) is 5.26 Å². The van der Waals surface area contributed by atoms with Crippen molar-refractivity contribution in [3.63, 3.8) is 0 Å². The van der Waals surface area contributed by atoms with Crippen LogP contribution in [0.15, 0.2) is 30.5 Å². The molecule has 3 heterocycles. The topological polar surface area (TPSA) is 71.2 Å². The van der Waals surface area contributed by atoms with E-state index in [0.717, 1.165) is 35.4 Å². The second kappa shape index (κ2) is 6.00. The van der Waals surface area contributed by atoms with Gasteiger partial charge in [-0.1, -0.05) is 12.1 Å². The van der Waals surface area contributed by atoms with Gasteiger partial charge >= 0.3 is 0 Å². The number of ether oxygens (including phenoxy) is 1. The largest absolute Gasteiger partial charge is 0.488 e. The van der Waals surface area contributed by atoms with E-state index in [1.165, 1.54) is 0 Å². The molecule has 122 valence electrons. The highest BCUT2D eigenvalue weighted by atomic mass is 16.5. The molecular weight excluding hydrogens is 304 g/mol. The van der Waals surface area contributed by atoms with E-state index in [4.69, 9.17) is 10.00 Å². The molecule has 4 rings (SSSR count). The lowest BCUT2D eigenvalue weighted by Crippen LogP contribution is -2.40. The Kier molecular flexibility index (Phi) is 3.69. The molecule has 0 unspecified atom stereocenters. The molecule has 0 aliphatic carbocycles. The molecule has 1 aromatic heterocycles. The molecule has 6 nitrogen and oxygen atoms in total. The summed E-state index contributed by atoms with van der Waals surface area (Å²) in [6, 6.07) is 10.1. The maximum absolute atomic E-state index is 12.6. The number of aromatic nitrogens is 2. The van der Waals surface area contributed by atoms with Crippen LogP contribution in [-0.4, -0.2) is 33.7 Å². The third-order valence-electron chi connectivity index (χ3n) is 4.76. The van der Waals surface area contributed by atoms with Crippen molar-refractivity contribution in [2.75, 3.05) is 13.1 Å². The molecule has 2 aliphatic heterocycles. The Bertz CT molecular complexity index is 813. The Morgan fingerprint density at radius 1 is 1.33 bits per heavy atom. The quantitative estimate of drug-likeness (QED) is 0.850. The zero-order chi connectivity index (χ0) is 16.5. The molecule has 6 heteroatoms. The van der Waals surface area contributed by atoms with Crippen molar-refractivity contribution in [3.8, 4) is 23.1 Å². The lowest BCUT2D eigenvalue weighted by atomic mass is 9.98. The summed E-state index contributed by atoms with van der Waals surface area (Å²) in [4.78, 5) is 14.4. The number of para-hydroxylation sites is 1. The van der Waals surface area contributed by atoms with E-state index in [9.17, 15) is 4.79 Å². The number of carbonyl (C=O) groups is 1. The lowest BCUT2D eigenvalue weighted by molar-refractivity contribution is -0.133. The monoisotopic (exact) mass is 322 g/mol. The number of benzene rings is 1. The number of carbonyl (C=O) groups excluding carboxylic acids is 1. The fraction of sp³-hybridized carbons (Fsp3) is 0.389. The van der Waals surface area contributed by atoms with Gasteiger partial charge in [0, 0.05) is 30.1 Å². The van der Waals surface area contributed by atoms with E-state index in [-0.39, 0.29) is 18.4 Å². The molecule has 0 N–H and O–H groups in total. The van der Waals surface area contributed by atoms with Crippen LogP contribution < -0.4 is 4.74 Å². The predicted octanol–water partition coefficient (Wildman–Crippen LogP) is 2.20. The van der Waals surface area contributed by atoms with Crippen LogP contribution in [-0.2, 0) is 17.9 Å². The summed E-state index contributed by atoms with van der Waals surface area (Å²) in [6.07, 6.45) is 3.30. The standard InChI is InChI=1S/C18H18N4O2/c19-9-13-5-7-21(8-6-13)17(23)11-22-18-14(10-20-22)12-24-16-4-2-1-3-15(16)18/h1-4,10,13H,5-8,11-12H2. The maximum Gasteiger partial charge on any atom is 0.244 e. The first-order chi connectivity index (χ1) is 11.8. The average molecular weight is 322 g/mol. The van der Waals surface area contributed by atoms with Gasteiger partial charge in [0.25, 0.3) is 0 Å². The van der Waals surface area contributed by atoms with Gasteiger partial charge in [0.15, 0.2) is 0 Å². The lowest BCUT2D eigenvalue weighted by Gasteiger charge is -2.29. The molecule has 0 atom stereocenters. The van der Waals surface area contributed by atoms with Gasteiger partial charge in [-0.2, -0.15) is 10.4 Å². The first-order valence-electron chi connectivity index (χ1n) is 8.20. The van der Waals surface area contributed by atoms with Crippen LogP contribution in [0.2, 0.25) is 0 Å². The van der Waals surface area contributed by atoms with Crippen molar-refractivity contribution < 1.29 is 9.53 Å². The Morgan fingerprint density at radius 2 is 2.12 bits per heavy atom. The molecule has 0 spiro atoms. The van der Waals surface area contributed by atoms with Gasteiger partial charge in [-0.05, 0) is 25.0 Å². The van der Waals surface area contributed by atoms with Gasteiger partial charge in [-0.3, -0.25) is 9.48 Å². The van der Waals surface area contributed by atoms with Gasteiger partial charge in [-0.25, -0.2) is 0 Å². The van der Waals surface area contributed by atoms with Crippen LogP contribution in [0.3, 0.4) is 0 Å². The van der Waals surface area contributed by atoms with Crippen LogP contribution in [0.1, 0.15) is 18.4 Å². The van der Waals surface area contributed by atoms with Gasteiger partial charge < -0.3 is 9.64 Å². The molecule has 1 aromatic carbocycles. The Balaban J connectivity index is 1.54. The predicted molar refractivity (Wildman–Crippen MR) is 86.9 cm³/mol. The van der Waals surface area contributed by atoms with Crippen molar-refractivity contribution >= 4 is 5.91 Å². The Labute approximate surface area is 140 Å². The minimum absolute atomic E-state index is 0.0567. The number of likely N-dealkylation sites (tertiary alicyclic amines) is 1. The minimum Gasteiger partial charge on any atom is -0.488 e. The second-order valence-electron chi connectivity index (χ2n) is 6.25. The zero-order valence-corrected chi connectivity index (χ0v) is 13.3. The first kappa shape index (κ1) is 14.8. The van der Waals surface area contributed by atoms with Crippen LogP contribution in [0, 0.1) is 17.2 Å². The molecule has 24 heavy (non-hydrogen) atoms. The van der Waals surface area contributed by atoms with Crippen LogP contribution in [0.5, 0.6) is 5.75 Å². The molecular formula is C18H18N4O2. The summed E-state index contributed by atoms with van der Waals surface area (Å²) in [6.45, 7) is 2.01. The van der Waals surface area contributed by atoms with E-state index >= 15 is 0 Å². The molecule has 2 aromatic rings. The van der Waals surface area contributed by atoms with E-state index < -0.39 is 0 Å². The Morgan fingerprint density at radius 3 is 2.92 bits per heavy atom. The summed E-state index contributed by atoms with van der Waals surface area (Å²) in [5.41, 5.74) is 2.95. The number of nitriles is 1. The van der Waals surface area contributed by atoms with E-state index in [1.807, 2.05) is 29.2 Å². The van der Waals surface area contributed by atoms with Gasteiger partial charge in [0.05, 0.1) is 18.0 Å². The normalized spacial score (nSPS) is 16.7. The molecule has 0 saturated carbocycles. The molecule has 1 saturated heterocycles. The highest BCUT2D eigenvalue weighted by Gasteiger charge is 2.26. The van der Waals surface area contributed by atoms with Crippen molar-refractivity contribution in [1.82, 2.24) is 14.7 Å². The molecule has 0 radical (unpaired) electrons. The number of fused-ring (bicyclic) bond motifs is 3. The second-order valence-corrected chi connectivity index (χ2v) is 6.25. The number of hydrogen-bond donors (Lipinski definition) is 0. The van der Waals surface area contributed by atoms with Crippen LogP contribution in [0.4, 0.5) is 0 Å². The number of rotatable bonds is 2. The SMILES string of the molecule is N#CC1CCN(C(=O)Cn2ncc3c2-c2ccccc2OC3)CC1. The van der Waals surface area contributed by atoms with Gasteiger partial charge in [0.1, 0.15) is 18.9 Å². The third kappa shape index (κ3) is 2.52. The number of amides is 1. The summed E-state index contributed by atoms with van der Waals surface area (Å²) < 4.78 is 7.50. The zero-order valence-electron chi connectivity index (χ0n) is 13.3. The van der Waals surface area contributed by atoms with Crippen molar-refractivity contribution in [2.24, 2.45) is 5.92 Å². The first-order valence-corrected chi connectivity index (χ1v) is 8.20. The Hall–Kier alpha value is -2.81. The molecule has 0 bridgehead atoms. The third-order valence-corrected chi connectivity index (χ3v) is 4.76. The van der Waals surface area contributed by atoms with Gasteiger partial charge in [0.2, 0.25) is 5.91 Å².